The molecule has 0 saturated heterocycles. The fourth-order valence-electron chi connectivity index (χ4n) is 1.80. The lowest BCUT2D eigenvalue weighted by Crippen LogP contribution is -2.14. The largest absolute Gasteiger partial charge is 0.493 e. The third-order valence-corrected chi connectivity index (χ3v) is 2.81. The highest BCUT2D eigenvalue weighted by atomic mass is 19.1. The van der Waals surface area contributed by atoms with E-state index < -0.39 is 17.8 Å². The van der Waals surface area contributed by atoms with Crippen LogP contribution in [0.3, 0.4) is 0 Å². The summed E-state index contributed by atoms with van der Waals surface area (Å²) < 4.78 is 18.8. The summed E-state index contributed by atoms with van der Waals surface area (Å²) in [5.41, 5.74) is 7.24. The third kappa shape index (κ3) is 3.43. The van der Waals surface area contributed by atoms with Gasteiger partial charge in [-0.2, -0.15) is 0 Å². The summed E-state index contributed by atoms with van der Waals surface area (Å²) in [6.07, 6.45) is 0.875. The number of ether oxygens (including phenoxy) is 1. The molecule has 100 valence electrons. The van der Waals surface area contributed by atoms with Gasteiger partial charge in [0, 0.05) is 18.0 Å². The van der Waals surface area contributed by atoms with Crippen LogP contribution in [-0.2, 0) is 11.2 Å². The van der Waals surface area contributed by atoms with Crippen molar-refractivity contribution in [1.29, 1.82) is 0 Å². The average Bonchev–Trinajstić information content (AvgIpc) is 2.34. The van der Waals surface area contributed by atoms with Gasteiger partial charge in [-0.3, -0.25) is 4.79 Å². The van der Waals surface area contributed by atoms with Crippen LogP contribution in [0.2, 0.25) is 0 Å². The maximum atomic E-state index is 13.8. The molecule has 3 N–H and O–H groups in total. The number of hydrogen-bond acceptors (Lipinski definition) is 3. The minimum absolute atomic E-state index is 0.0533. The number of carboxylic acids is 1. The zero-order valence-corrected chi connectivity index (χ0v) is 10.6. The van der Waals surface area contributed by atoms with Crippen molar-refractivity contribution in [2.24, 2.45) is 5.73 Å². The fourth-order valence-corrected chi connectivity index (χ4v) is 1.80. The SMILES string of the molecule is CCc1cc(F)c(OC)c(C(N)CCC(=O)O)c1. The number of carboxylic acid groups (broad SMARTS) is 1. The molecule has 0 bridgehead atoms. The van der Waals surface area contributed by atoms with Gasteiger partial charge in [0.05, 0.1) is 7.11 Å². The lowest BCUT2D eigenvalue weighted by Gasteiger charge is -2.17. The molecule has 5 heteroatoms. The molecule has 0 aliphatic heterocycles. The van der Waals surface area contributed by atoms with E-state index >= 15 is 0 Å². The molecular weight excluding hydrogens is 237 g/mol. The van der Waals surface area contributed by atoms with Crippen LogP contribution in [0.5, 0.6) is 5.75 Å². The third-order valence-electron chi connectivity index (χ3n) is 2.81. The first-order chi connectivity index (χ1) is 8.49. The Bertz CT molecular complexity index is 434. The fraction of sp³-hybridized carbons (Fsp3) is 0.462. The first-order valence-electron chi connectivity index (χ1n) is 5.83. The normalized spacial score (nSPS) is 12.2. The number of aliphatic carboxylic acids is 1. The highest BCUT2D eigenvalue weighted by Gasteiger charge is 2.17. The number of halogens is 1. The molecule has 0 saturated carbocycles. The van der Waals surface area contributed by atoms with Gasteiger partial charge in [-0.1, -0.05) is 13.0 Å². The molecule has 1 unspecified atom stereocenters. The Labute approximate surface area is 106 Å². The van der Waals surface area contributed by atoms with E-state index in [2.05, 4.69) is 0 Å². The topological polar surface area (TPSA) is 72.5 Å². The molecular formula is C13H18FNO3. The van der Waals surface area contributed by atoms with Gasteiger partial charge in [-0.05, 0) is 24.5 Å². The summed E-state index contributed by atoms with van der Waals surface area (Å²) in [6.45, 7) is 1.91. The number of methoxy groups -OCH3 is 1. The van der Waals surface area contributed by atoms with Crippen LogP contribution in [0.1, 0.15) is 36.9 Å². The summed E-state index contributed by atoms with van der Waals surface area (Å²) in [6, 6.07) is 2.64. The number of benzene rings is 1. The summed E-state index contributed by atoms with van der Waals surface area (Å²) in [5, 5.41) is 8.63. The van der Waals surface area contributed by atoms with Crippen LogP contribution in [0.15, 0.2) is 12.1 Å². The van der Waals surface area contributed by atoms with Crippen molar-refractivity contribution in [3.63, 3.8) is 0 Å². The first-order valence-corrected chi connectivity index (χ1v) is 5.83. The molecule has 1 aromatic rings. The second-order valence-corrected chi connectivity index (χ2v) is 4.09. The predicted molar refractivity (Wildman–Crippen MR) is 66.1 cm³/mol. The average molecular weight is 255 g/mol. The second kappa shape index (κ2) is 6.35. The molecule has 0 amide bonds. The van der Waals surface area contributed by atoms with Crippen LogP contribution in [-0.4, -0.2) is 18.2 Å². The first kappa shape index (κ1) is 14.4. The zero-order valence-electron chi connectivity index (χ0n) is 10.6. The van der Waals surface area contributed by atoms with E-state index in [9.17, 15) is 9.18 Å². The second-order valence-electron chi connectivity index (χ2n) is 4.09. The van der Waals surface area contributed by atoms with Gasteiger partial charge < -0.3 is 15.6 Å². The van der Waals surface area contributed by atoms with Crippen LogP contribution in [0.25, 0.3) is 0 Å². The summed E-state index contributed by atoms with van der Waals surface area (Å²) in [4.78, 5) is 10.5. The van der Waals surface area contributed by atoms with E-state index in [1.807, 2.05) is 6.92 Å². The molecule has 18 heavy (non-hydrogen) atoms. The van der Waals surface area contributed by atoms with E-state index in [0.717, 1.165) is 5.56 Å². The molecule has 0 fully saturated rings. The number of hydrogen-bond donors (Lipinski definition) is 2. The smallest absolute Gasteiger partial charge is 0.303 e. The quantitative estimate of drug-likeness (QED) is 0.817. The van der Waals surface area contributed by atoms with E-state index in [4.69, 9.17) is 15.6 Å². The van der Waals surface area contributed by atoms with Gasteiger partial charge in [0.25, 0.3) is 0 Å². The van der Waals surface area contributed by atoms with Crippen LogP contribution < -0.4 is 10.5 Å². The van der Waals surface area contributed by atoms with E-state index in [1.165, 1.54) is 13.2 Å². The summed E-state index contributed by atoms with van der Waals surface area (Å²) >= 11 is 0. The highest BCUT2D eigenvalue weighted by molar-refractivity contribution is 5.66. The molecule has 0 heterocycles. The molecule has 0 aliphatic carbocycles. The number of aryl methyl sites for hydroxylation is 1. The Hall–Kier alpha value is -1.62. The molecule has 1 aromatic carbocycles. The van der Waals surface area contributed by atoms with Crippen molar-refractivity contribution in [3.8, 4) is 5.75 Å². The van der Waals surface area contributed by atoms with Gasteiger partial charge in [-0.15, -0.1) is 0 Å². The maximum Gasteiger partial charge on any atom is 0.303 e. The van der Waals surface area contributed by atoms with E-state index in [1.54, 1.807) is 6.07 Å². The summed E-state index contributed by atoms with van der Waals surface area (Å²) in [7, 11) is 1.37. The van der Waals surface area contributed by atoms with Gasteiger partial charge in [-0.25, -0.2) is 4.39 Å². The lowest BCUT2D eigenvalue weighted by atomic mass is 9.98. The van der Waals surface area contributed by atoms with Crippen molar-refractivity contribution in [2.75, 3.05) is 7.11 Å². The standard InChI is InChI=1S/C13H18FNO3/c1-3-8-6-9(11(15)4-5-12(16)17)13(18-2)10(14)7-8/h6-7,11H,3-5,15H2,1-2H3,(H,16,17). The Kier molecular flexibility index (Phi) is 5.09. The molecule has 4 nitrogen and oxygen atoms in total. The molecule has 0 aromatic heterocycles. The van der Waals surface area contributed by atoms with E-state index in [-0.39, 0.29) is 18.6 Å². The van der Waals surface area contributed by atoms with Gasteiger partial charge in [0.1, 0.15) is 0 Å². The Balaban J connectivity index is 3.04. The molecule has 0 radical (unpaired) electrons. The molecule has 1 rings (SSSR count). The highest BCUT2D eigenvalue weighted by Crippen LogP contribution is 2.30. The molecule has 0 aliphatic rings. The van der Waals surface area contributed by atoms with Crippen LogP contribution >= 0.6 is 0 Å². The van der Waals surface area contributed by atoms with Gasteiger partial charge >= 0.3 is 5.97 Å². The molecule has 1 atom stereocenters. The van der Waals surface area contributed by atoms with Gasteiger partial charge in [0.15, 0.2) is 11.6 Å². The minimum Gasteiger partial charge on any atom is -0.493 e. The number of carbonyl (C=O) groups is 1. The van der Waals surface area contributed by atoms with E-state index in [0.29, 0.717) is 12.0 Å². The number of nitrogens with two attached hydrogens (primary N) is 1. The van der Waals surface area contributed by atoms with Crippen LogP contribution in [0, 0.1) is 5.82 Å². The Morgan fingerprint density at radius 3 is 2.72 bits per heavy atom. The maximum absolute atomic E-state index is 13.8. The van der Waals surface area contributed by atoms with Crippen molar-refractivity contribution in [1.82, 2.24) is 0 Å². The number of rotatable bonds is 6. The molecule has 0 spiro atoms. The van der Waals surface area contributed by atoms with Crippen molar-refractivity contribution in [3.05, 3.63) is 29.1 Å². The van der Waals surface area contributed by atoms with Crippen LogP contribution in [0.4, 0.5) is 4.39 Å². The van der Waals surface area contributed by atoms with Crippen molar-refractivity contribution >= 4 is 5.97 Å². The zero-order chi connectivity index (χ0) is 13.7. The minimum atomic E-state index is -0.920. The monoisotopic (exact) mass is 255 g/mol. The Morgan fingerprint density at radius 2 is 2.22 bits per heavy atom. The Morgan fingerprint density at radius 1 is 1.56 bits per heavy atom. The van der Waals surface area contributed by atoms with Crippen molar-refractivity contribution < 1.29 is 19.0 Å². The lowest BCUT2D eigenvalue weighted by molar-refractivity contribution is -0.137. The predicted octanol–water partition coefficient (Wildman–Crippen LogP) is 2.26. The van der Waals surface area contributed by atoms with Gasteiger partial charge in [0.2, 0.25) is 0 Å². The van der Waals surface area contributed by atoms with Crippen molar-refractivity contribution in [2.45, 2.75) is 32.2 Å². The summed E-state index contributed by atoms with van der Waals surface area (Å²) in [5.74, 6) is -1.28.